The van der Waals surface area contributed by atoms with Gasteiger partial charge in [-0.05, 0) is 45.7 Å². The van der Waals surface area contributed by atoms with E-state index in [4.69, 9.17) is 10.5 Å². The zero-order chi connectivity index (χ0) is 14.3. The molecule has 1 aliphatic carbocycles. The lowest BCUT2D eigenvalue weighted by atomic mass is 10.00. The molecule has 1 aromatic heterocycles. The molecule has 108 valence electrons. The van der Waals surface area contributed by atoms with Crippen molar-refractivity contribution in [2.24, 2.45) is 0 Å². The summed E-state index contributed by atoms with van der Waals surface area (Å²) in [4.78, 5) is 4.57. The van der Waals surface area contributed by atoms with Gasteiger partial charge in [-0.1, -0.05) is 18.9 Å². The number of benzene rings is 1. The van der Waals surface area contributed by atoms with Gasteiger partial charge in [0.15, 0.2) is 0 Å². The van der Waals surface area contributed by atoms with Crippen LogP contribution in [0.4, 0.5) is 5.95 Å². The van der Waals surface area contributed by atoms with Gasteiger partial charge in [0.05, 0.1) is 11.6 Å². The molecule has 4 nitrogen and oxygen atoms in total. The number of hydrogen-bond donors (Lipinski definition) is 1. The lowest BCUT2D eigenvalue weighted by Gasteiger charge is -2.27. The standard InChI is InChI=1S/C16H23N3O/c1-11(2)20-13-8-6-7-12-14(13)18-15(17)19(12)16(3)9-4-5-10-16/h6-8,11H,4-5,9-10H2,1-3H3,(H2,17,18). The van der Waals surface area contributed by atoms with Crippen LogP contribution in [-0.4, -0.2) is 15.7 Å². The Balaban J connectivity index is 2.17. The number of nitrogen functional groups attached to an aromatic ring is 1. The quantitative estimate of drug-likeness (QED) is 0.927. The third kappa shape index (κ3) is 2.03. The van der Waals surface area contributed by atoms with Crippen LogP contribution >= 0.6 is 0 Å². The summed E-state index contributed by atoms with van der Waals surface area (Å²) in [5.41, 5.74) is 8.28. The Morgan fingerprint density at radius 3 is 2.65 bits per heavy atom. The normalized spacial score (nSPS) is 18.0. The molecule has 4 heteroatoms. The number of hydrogen-bond acceptors (Lipinski definition) is 3. The highest BCUT2D eigenvalue weighted by molar-refractivity contribution is 5.84. The van der Waals surface area contributed by atoms with E-state index in [1.807, 2.05) is 26.0 Å². The van der Waals surface area contributed by atoms with E-state index in [0.717, 1.165) is 29.6 Å². The van der Waals surface area contributed by atoms with E-state index < -0.39 is 0 Å². The predicted octanol–water partition coefficient (Wildman–Crippen LogP) is 3.69. The largest absolute Gasteiger partial charge is 0.489 e. The zero-order valence-corrected chi connectivity index (χ0v) is 12.5. The first-order valence-electron chi connectivity index (χ1n) is 7.45. The lowest BCUT2D eigenvalue weighted by Crippen LogP contribution is -2.27. The Morgan fingerprint density at radius 2 is 2.00 bits per heavy atom. The molecule has 1 saturated carbocycles. The number of aromatic nitrogens is 2. The van der Waals surface area contributed by atoms with Crippen LogP contribution in [0, 0.1) is 0 Å². The molecule has 0 amide bonds. The SMILES string of the molecule is CC(C)Oc1cccc2c1nc(N)n2C1(C)CCCC1. The molecule has 1 heterocycles. The average Bonchev–Trinajstić information content (AvgIpc) is 2.93. The van der Waals surface area contributed by atoms with E-state index in [-0.39, 0.29) is 11.6 Å². The van der Waals surface area contributed by atoms with E-state index in [1.54, 1.807) is 0 Å². The molecule has 1 aliphatic rings. The average molecular weight is 273 g/mol. The first kappa shape index (κ1) is 13.3. The van der Waals surface area contributed by atoms with Crippen LogP contribution in [0.1, 0.15) is 46.5 Å². The van der Waals surface area contributed by atoms with Gasteiger partial charge in [-0.3, -0.25) is 0 Å². The summed E-state index contributed by atoms with van der Waals surface area (Å²) >= 11 is 0. The van der Waals surface area contributed by atoms with Gasteiger partial charge in [0, 0.05) is 5.54 Å². The van der Waals surface area contributed by atoms with E-state index >= 15 is 0 Å². The summed E-state index contributed by atoms with van der Waals surface area (Å²) in [5, 5.41) is 0. The number of imidazole rings is 1. The van der Waals surface area contributed by atoms with Gasteiger partial charge < -0.3 is 15.0 Å². The van der Waals surface area contributed by atoms with Gasteiger partial charge in [-0.15, -0.1) is 0 Å². The number of anilines is 1. The van der Waals surface area contributed by atoms with Crippen molar-refractivity contribution < 1.29 is 4.74 Å². The van der Waals surface area contributed by atoms with Crippen molar-refractivity contribution in [1.82, 2.24) is 9.55 Å². The number of ether oxygens (including phenoxy) is 1. The van der Waals surface area contributed by atoms with Crippen molar-refractivity contribution in [2.45, 2.75) is 58.1 Å². The molecule has 2 aromatic rings. The van der Waals surface area contributed by atoms with Gasteiger partial charge in [-0.25, -0.2) is 4.98 Å². The Hall–Kier alpha value is -1.71. The molecule has 0 radical (unpaired) electrons. The number of rotatable bonds is 3. The minimum absolute atomic E-state index is 0.0925. The molecule has 20 heavy (non-hydrogen) atoms. The fourth-order valence-electron chi connectivity index (χ4n) is 3.37. The first-order valence-corrected chi connectivity index (χ1v) is 7.45. The second-order valence-electron chi connectivity index (χ2n) is 6.30. The molecule has 0 bridgehead atoms. The molecule has 1 aromatic carbocycles. The van der Waals surface area contributed by atoms with Gasteiger partial charge in [0.25, 0.3) is 0 Å². The maximum Gasteiger partial charge on any atom is 0.201 e. The predicted molar refractivity (Wildman–Crippen MR) is 82.0 cm³/mol. The monoisotopic (exact) mass is 273 g/mol. The molecular weight excluding hydrogens is 250 g/mol. The lowest BCUT2D eigenvalue weighted by molar-refractivity contribution is 0.245. The van der Waals surface area contributed by atoms with Crippen LogP contribution in [0.5, 0.6) is 5.75 Å². The van der Waals surface area contributed by atoms with Crippen molar-refractivity contribution in [1.29, 1.82) is 0 Å². The van der Waals surface area contributed by atoms with E-state index in [0.29, 0.717) is 5.95 Å². The van der Waals surface area contributed by atoms with Crippen LogP contribution in [0.25, 0.3) is 11.0 Å². The molecule has 2 N–H and O–H groups in total. The topological polar surface area (TPSA) is 53.1 Å². The molecule has 0 unspecified atom stereocenters. The number of para-hydroxylation sites is 1. The fourth-order valence-corrected chi connectivity index (χ4v) is 3.37. The van der Waals surface area contributed by atoms with Crippen molar-refractivity contribution in [3.63, 3.8) is 0 Å². The van der Waals surface area contributed by atoms with Crippen LogP contribution < -0.4 is 10.5 Å². The van der Waals surface area contributed by atoms with Crippen LogP contribution in [0.15, 0.2) is 18.2 Å². The molecule has 1 fully saturated rings. The Labute approximate surface area is 119 Å². The summed E-state index contributed by atoms with van der Waals surface area (Å²) in [5.74, 6) is 1.42. The third-order valence-corrected chi connectivity index (χ3v) is 4.26. The number of nitrogens with two attached hydrogens (primary N) is 1. The van der Waals surface area contributed by atoms with Gasteiger partial charge >= 0.3 is 0 Å². The zero-order valence-electron chi connectivity index (χ0n) is 12.5. The highest BCUT2D eigenvalue weighted by Gasteiger charge is 2.33. The van der Waals surface area contributed by atoms with Crippen molar-refractivity contribution in [2.75, 3.05) is 5.73 Å². The summed E-state index contributed by atoms with van der Waals surface area (Å²) in [6, 6.07) is 6.08. The fraction of sp³-hybridized carbons (Fsp3) is 0.562. The summed E-state index contributed by atoms with van der Waals surface area (Å²) < 4.78 is 8.07. The Kier molecular flexibility index (Phi) is 3.11. The number of fused-ring (bicyclic) bond motifs is 1. The summed E-state index contributed by atoms with van der Waals surface area (Å²) in [6.07, 6.45) is 4.99. The van der Waals surface area contributed by atoms with Gasteiger partial charge in [0.2, 0.25) is 5.95 Å². The summed E-state index contributed by atoms with van der Waals surface area (Å²) in [7, 11) is 0. The van der Waals surface area contributed by atoms with Crippen molar-refractivity contribution in [3.05, 3.63) is 18.2 Å². The van der Waals surface area contributed by atoms with E-state index in [2.05, 4.69) is 22.5 Å². The van der Waals surface area contributed by atoms with E-state index in [9.17, 15) is 0 Å². The highest BCUT2D eigenvalue weighted by Crippen LogP contribution is 2.41. The maximum absolute atomic E-state index is 6.21. The molecule has 0 atom stereocenters. The summed E-state index contributed by atoms with van der Waals surface area (Å²) in [6.45, 7) is 6.34. The Bertz CT molecular complexity index is 624. The van der Waals surface area contributed by atoms with Crippen molar-refractivity contribution >= 4 is 17.0 Å². The van der Waals surface area contributed by atoms with Gasteiger partial charge in [0.1, 0.15) is 11.3 Å². The second kappa shape index (κ2) is 4.69. The molecule has 0 aliphatic heterocycles. The smallest absolute Gasteiger partial charge is 0.201 e. The molecule has 0 saturated heterocycles. The van der Waals surface area contributed by atoms with Crippen molar-refractivity contribution in [3.8, 4) is 5.75 Å². The third-order valence-electron chi connectivity index (χ3n) is 4.26. The maximum atomic E-state index is 6.21. The van der Waals surface area contributed by atoms with Gasteiger partial charge in [-0.2, -0.15) is 0 Å². The van der Waals surface area contributed by atoms with E-state index in [1.165, 1.54) is 12.8 Å². The first-order chi connectivity index (χ1) is 9.51. The minimum atomic E-state index is 0.0925. The van der Waals surface area contributed by atoms with Crippen LogP contribution in [0.3, 0.4) is 0 Å². The Morgan fingerprint density at radius 1 is 1.30 bits per heavy atom. The molecule has 3 rings (SSSR count). The highest BCUT2D eigenvalue weighted by atomic mass is 16.5. The molecular formula is C16H23N3O. The second-order valence-corrected chi connectivity index (χ2v) is 6.30. The minimum Gasteiger partial charge on any atom is -0.489 e. The van der Waals surface area contributed by atoms with Crippen LogP contribution in [-0.2, 0) is 5.54 Å². The molecule has 0 spiro atoms. The van der Waals surface area contributed by atoms with Crippen LogP contribution in [0.2, 0.25) is 0 Å². The number of nitrogens with zero attached hydrogens (tertiary/aromatic N) is 2.